The number of hydrogen-bond acceptors (Lipinski definition) is 29. The fourth-order valence-electron chi connectivity index (χ4n) is 15.6. The van der Waals surface area contributed by atoms with E-state index in [-0.39, 0.29) is 51.0 Å². The second-order valence-corrected chi connectivity index (χ2v) is 34.5. The van der Waals surface area contributed by atoms with E-state index in [0.717, 1.165) is 61.3 Å². The molecule has 6 aliphatic rings. The highest BCUT2D eigenvalue weighted by atomic mass is 35.5. The largest absolute Gasteiger partial charge is 0.508 e. The van der Waals surface area contributed by atoms with Crippen molar-refractivity contribution in [3.63, 3.8) is 0 Å². The number of alkyl halides is 2. The van der Waals surface area contributed by atoms with Gasteiger partial charge in [-0.25, -0.2) is 14.4 Å². The quantitative estimate of drug-likeness (QED) is 0.0139. The van der Waals surface area contributed by atoms with Crippen LogP contribution in [-0.2, 0) is 47.7 Å². The van der Waals surface area contributed by atoms with Crippen molar-refractivity contribution in [2.45, 2.75) is 209 Å². The zero-order valence-corrected chi connectivity index (χ0v) is 66.2. The Balaban J connectivity index is 0.824. The van der Waals surface area contributed by atoms with E-state index in [1.807, 2.05) is 23.9 Å². The molecule has 0 bridgehead atoms. The van der Waals surface area contributed by atoms with E-state index in [9.17, 15) is 68.7 Å². The highest BCUT2D eigenvalue weighted by Crippen LogP contribution is 2.51. The smallest absolute Gasteiger partial charge is 0.374 e. The number of esters is 3. The van der Waals surface area contributed by atoms with Gasteiger partial charge >= 0.3 is 17.9 Å². The molecular weight excluding hydrogens is 1530 g/mol. The number of aliphatic hydroxyl groups excluding tert-OH is 4. The SMILES string of the molecule is CCCC1CC(C(=O)NC(C(C)Cl)C2OC(SC)C(O)C(OC(=O)c3cc(=O)c4c(OCC(COc5cccc6oc(C(=O)OC7C(O)C(SC)OC(C(NC(=O)C8CC(CCC)CN8C)C(C)Cl)C7O)cc(=O)c56)OC(=O)[C@@H]5N6C(=O)[C@@H](NC(=O)[C@H](N)c7ccc(O)cc7)[C@H]6SC5(C)C)cccc4o3)C2O)N(C)C1. The summed E-state index contributed by atoms with van der Waals surface area (Å²) in [5.41, 5.74) is 2.31. The number of aliphatic hydroxyl groups is 4. The zero-order valence-electron chi connectivity index (χ0n) is 62.3. The van der Waals surface area contributed by atoms with Crippen LogP contribution < -0.4 is 42.0 Å². The average Bonchev–Trinajstić information content (AvgIpc) is 1.55. The Bertz CT molecular complexity index is 4110. The minimum atomic E-state index is -1.78. The van der Waals surface area contributed by atoms with E-state index in [2.05, 4.69) is 29.8 Å². The molecule has 6 saturated heterocycles. The van der Waals surface area contributed by atoms with E-state index in [4.69, 9.17) is 70.9 Å². The summed E-state index contributed by atoms with van der Waals surface area (Å²) in [7, 11) is 3.71. The van der Waals surface area contributed by atoms with Gasteiger partial charge in [0.25, 0.3) is 0 Å². The van der Waals surface area contributed by atoms with Crippen LogP contribution in [0.3, 0.4) is 0 Å². The molecule has 110 heavy (non-hydrogen) atoms. The first-order valence-electron chi connectivity index (χ1n) is 36.5. The average molecular weight is 1630 g/mol. The summed E-state index contributed by atoms with van der Waals surface area (Å²) >= 11 is 16.7. The number of aromatic hydroxyl groups is 1. The number of phenolic OH excluding ortho intramolecular Hbond substituents is 1. The first-order chi connectivity index (χ1) is 52.3. The maximum Gasteiger partial charge on any atom is 0.374 e. The number of likely N-dealkylation sites (tertiary alicyclic amines) is 2. The summed E-state index contributed by atoms with van der Waals surface area (Å²) in [5.74, 6) is -6.58. The number of carbonyl (C=O) groups is 7. The third kappa shape index (κ3) is 17.8. The molecule has 0 radical (unpaired) electrons. The monoisotopic (exact) mass is 1630 g/mol. The van der Waals surface area contributed by atoms with Crippen molar-refractivity contribution in [2.75, 3.05) is 52.9 Å². The number of phenols is 1. The summed E-state index contributed by atoms with van der Waals surface area (Å²) < 4.78 is 53.6. The lowest BCUT2D eigenvalue weighted by Gasteiger charge is -2.45. The summed E-state index contributed by atoms with van der Waals surface area (Å²) in [5, 5.41) is 62.4. The molecule has 4 amide bonds. The third-order valence-corrected chi connectivity index (χ3v) is 25.0. The Labute approximate surface area is 657 Å². The van der Waals surface area contributed by atoms with E-state index >= 15 is 0 Å². The molecule has 6 fully saturated rings. The van der Waals surface area contributed by atoms with Crippen molar-refractivity contribution < 1.29 is 101 Å². The lowest BCUT2D eigenvalue weighted by molar-refractivity contribution is -0.206. The predicted molar refractivity (Wildman–Crippen MR) is 409 cm³/mol. The van der Waals surface area contributed by atoms with Gasteiger partial charge in [-0.15, -0.1) is 58.5 Å². The molecule has 0 aliphatic carbocycles. The van der Waals surface area contributed by atoms with Crippen LogP contribution >= 0.6 is 58.5 Å². The Hall–Kier alpha value is -6.96. The number of nitrogens with two attached hydrogens (primary N) is 1. The molecule has 35 heteroatoms. The molecule has 5 aromatic rings. The van der Waals surface area contributed by atoms with E-state index < -0.39 is 194 Å². The van der Waals surface area contributed by atoms with Gasteiger partial charge in [-0.2, -0.15) is 0 Å². The summed E-state index contributed by atoms with van der Waals surface area (Å²) in [6, 6.07) is 8.88. The summed E-state index contributed by atoms with van der Waals surface area (Å²) in [4.78, 5) is 132. The standard InChI is InChI=1S/C75H95Cl2N7O23S3/c1-11-15-35-25-40(82(7)29-35)65(92)79-53(33(3)76)60-56(88)62(58(90)73(106-60)108-9)104-70(96)48-27-42(86)50-44(17-13-19-46(50)102-48)99-31-39(101-72(98)64-75(5,6)110-69-55(68(95)84(64)69)81-67(94)52(78)37-21-23-38(85)24-22-37)32-100-45-18-14-20-47-51(45)43(87)28-49(103-47)71(97)105-63-57(89)61(107-74(109-10)59(63)91)54(34(4)77)80-66(93)41-26-36(16-12-2)30-83(41)8/h13-14,17-24,27-28,33-36,39-41,52-64,69,73-74,85,88-91H,11-12,15-16,25-26,29-32,78H2,1-10H3,(H,79,92)(H,80,93)(H,81,94)/t33?,34?,35?,36?,39?,40?,41?,52-,53?,54?,55-,56?,57?,58?,59?,60?,61?,62?,63?,64+,69-,73?,74?/m1/s1. The molecule has 0 spiro atoms. The molecule has 22 atom stereocenters. The second kappa shape index (κ2) is 35.6. The topological polar surface area (TPSA) is 418 Å². The van der Waals surface area contributed by atoms with Gasteiger partial charge in [0.15, 0.2) is 29.2 Å². The number of β-lactam (4-membered cyclic amide) rings is 1. The van der Waals surface area contributed by atoms with Gasteiger partial charge in [0.05, 0.1) is 34.9 Å². The molecule has 3 aromatic carbocycles. The number of likely N-dealkylation sites (N-methyl/N-ethyl adjacent to an activating group) is 2. The van der Waals surface area contributed by atoms with Crippen molar-refractivity contribution in [3.8, 4) is 17.2 Å². The number of halogens is 2. The Morgan fingerprint density at radius 1 is 0.682 bits per heavy atom. The van der Waals surface area contributed by atoms with Crippen LogP contribution in [0.25, 0.3) is 21.9 Å². The number of carbonyl (C=O) groups excluding carboxylic acids is 7. The second-order valence-electron chi connectivity index (χ2n) is 29.4. The van der Waals surface area contributed by atoms with E-state index in [0.29, 0.717) is 43.3 Å². The molecule has 6 aliphatic heterocycles. The van der Waals surface area contributed by atoms with Gasteiger partial charge in [-0.3, -0.25) is 38.6 Å². The number of rotatable bonds is 29. The lowest BCUT2D eigenvalue weighted by atomic mass is 9.92. The Kier molecular flexibility index (Phi) is 27.2. The molecule has 30 nitrogen and oxygen atoms in total. The molecule has 8 heterocycles. The number of nitrogens with zero attached hydrogens (tertiary/aromatic N) is 3. The van der Waals surface area contributed by atoms with Crippen LogP contribution in [0.15, 0.2) is 91.2 Å². The number of fused-ring (bicyclic) bond motifs is 3. The van der Waals surface area contributed by atoms with Crippen molar-refractivity contribution >= 4 is 122 Å². The Morgan fingerprint density at radius 2 is 1.13 bits per heavy atom. The molecule has 0 saturated carbocycles. The molecular formula is C75H95Cl2N7O23S3. The van der Waals surface area contributed by atoms with E-state index in [1.54, 1.807) is 40.2 Å². The fraction of sp³-hybridized carbons (Fsp3) is 0.587. The van der Waals surface area contributed by atoms with Gasteiger partial charge in [-0.1, -0.05) is 51.0 Å². The van der Waals surface area contributed by atoms with Crippen molar-refractivity contribution in [1.82, 2.24) is 30.7 Å². The van der Waals surface area contributed by atoms with Gasteiger partial charge < -0.3 is 94.1 Å². The van der Waals surface area contributed by atoms with Gasteiger partial charge in [0.2, 0.25) is 35.1 Å². The normalized spacial score (nSPS) is 29.7. The minimum Gasteiger partial charge on any atom is -0.508 e. The summed E-state index contributed by atoms with van der Waals surface area (Å²) in [6.07, 6.45) is -6.09. The number of ether oxygens (including phenoxy) is 7. The van der Waals surface area contributed by atoms with Crippen molar-refractivity contribution in [3.05, 3.63) is 110 Å². The number of hydrogen-bond donors (Lipinski definition) is 9. The first-order valence-corrected chi connectivity index (χ1v) is 40.9. The van der Waals surface area contributed by atoms with Crippen LogP contribution in [-0.4, -0.2) is 258 Å². The van der Waals surface area contributed by atoms with Crippen molar-refractivity contribution in [2.24, 2.45) is 17.6 Å². The van der Waals surface area contributed by atoms with E-state index in [1.165, 1.54) is 77.3 Å². The van der Waals surface area contributed by atoms with Crippen LogP contribution in [0, 0.1) is 11.8 Å². The molecule has 600 valence electrons. The highest BCUT2D eigenvalue weighted by Gasteiger charge is 2.65. The molecule has 18 unspecified atom stereocenters. The van der Waals surface area contributed by atoms with Gasteiger partial charge in [0, 0.05) is 30.0 Å². The molecule has 2 aromatic heterocycles. The summed E-state index contributed by atoms with van der Waals surface area (Å²) in [6.45, 7) is 10.9. The third-order valence-electron chi connectivity index (χ3n) is 21.2. The van der Waals surface area contributed by atoms with Gasteiger partial charge in [0.1, 0.15) is 123 Å². The number of thioether (sulfide) groups is 3. The maximum absolute atomic E-state index is 14.9. The van der Waals surface area contributed by atoms with Crippen LogP contribution in [0.1, 0.15) is 113 Å². The maximum atomic E-state index is 14.9. The Morgan fingerprint density at radius 3 is 1.55 bits per heavy atom. The number of amides is 4. The van der Waals surface area contributed by atoms with Crippen LogP contribution in [0.4, 0.5) is 0 Å². The molecule has 11 rings (SSSR count). The molecule has 10 N–H and O–H groups in total. The zero-order chi connectivity index (χ0) is 79.6. The number of benzene rings is 3. The first kappa shape index (κ1) is 84.0. The predicted octanol–water partition coefficient (Wildman–Crippen LogP) is 4.36. The van der Waals surface area contributed by atoms with Crippen molar-refractivity contribution in [1.29, 1.82) is 0 Å². The van der Waals surface area contributed by atoms with Gasteiger partial charge in [-0.05, 0) is 134 Å². The number of nitrogens with one attached hydrogen (secondary N) is 3. The lowest BCUT2D eigenvalue weighted by Crippen LogP contribution is -2.71. The highest BCUT2D eigenvalue weighted by molar-refractivity contribution is 8.01. The van der Waals surface area contributed by atoms with Crippen LogP contribution in [0.5, 0.6) is 17.2 Å². The fourth-order valence-corrected chi connectivity index (χ4v) is 18.9. The minimum absolute atomic E-state index is 0.0507. The van der Waals surface area contributed by atoms with Crippen LogP contribution in [0.2, 0.25) is 0 Å².